The zero-order valence-corrected chi connectivity index (χ0v) is 14.7. The summed E-state index contributed by atoms with van der Waals surface area (Å²) in [5.74, 6) is 1.59. The standard InChI is InChI=1S/C18H20N6O3/c25-12-13-3-1-4-17(19-13)22-7-2-8-23(10-9-22)18-20-15-6-5-14(24(26)27)11-16(15)21-18/h1,3-6,11,25H,2,7-10,12H2,(H,20,21). The average molecular weight is 368 g/mol. The molecule has 1 saturated heterocycles. The third kappa shape index (κ3) is 3.54. The van der Waals surface area contributed by atoms with Gasteiger partial charge in [0.2, 0.25) is 5.95 Å². The molecule has 0 saturated carbocycles. The van der Waals surface area contributed by atoms with E-state index in [4.69, 9.17) is 0 Å². The smallest absolute Gasteiger partial charge is 0.271 e. The molecule has 0 atom stereocenters. The number of nitro benzene ring substituents is 1. The predicted octanol–water partition coefficient (Wildman–Crippen LogP) is 2.08. The third-order valence-electron chi connectivity index (χ3n) is 4.74. The van der Waals surface area contributed by atoms with Gasteiger partial charge in [-0.2, -0.15) is 0 Å². The van der Waals surface area contributed by atoms with Gasteiger partial charge < -0.3 is 19.9 Å². The number of nitro groups is 1. The predicted molar refractivity (Wildman–Crippen MR) is 102 cm³/mol. The Morgan fingerprint density at radius 2 is 1.93 bits per heavy atom. The molecule has 1 fully saturated rings. The number of aromatic amines is 1. The van der Waals surface area contributed by atoms with Crippen LogP contribution < -0.4 is 9.80 Å². The van der Waals surface area contributed by atoms with Gasteiger partial charge in [-0.25, -0.2) is 9.97 Å². The Hall–Kier alpha value is -3.20. The van der Waals surface area contributed by atoms with Gasteiger partial charge in [-0.3, -0.25) is 10.1 Å². The molecule has 3 heterocycles. The Kier molecular flexibility index (Phi) is 4.59. The van der Waals surface area contributed by atoms with Crippen LogP contribution in [0, 0.1) is 10.1 Å². The van der Waals surface area contributed by atoms with Crippen LogP contribution in [0.15, 0.2) is 36.4 Å². The normalized spacial score (nSPS) is 15.1. The first-order chi connectivity index (χ1) is 13.1. The van der Waals surface area contributed by atoms with Crippen LogP contribution in [-0.4, -0.2) is 51.2 Å². The van der Waals surface area contributed by atoms with Crippen LogP contribution >= 0.6 is 0 Å². The average Bonchev–Trinajstić information content (AvgIpc) is 2.96. The molecule has 0 amide bonds. The number of hydrogen-bond acceptors (Lipinski definition) is 7. The first-order valence-electron chi connectivity index (χ1n) is 8.85. The number of anilines is 2. The van der Waals surface area contributed by atoms with Crippen LogP contribution in [0.5, 0.6) is 0 Å². The number of pyridine rings is 1. The zero-order valence-electron chi connectivity index (χ0n) is 14.7. The minimum Gasteiger partial charge on any atom is -0.390 e. The van der Waals surface area contributed by atoms with Gasteiger partial charge in [-0.05, 0) is 24.6 Å². The van der Waals surface area contributed by atoms with Gasteiger partial charge in [0.15, 0.2) is 0 Å². The number of non-ortho nitro benzene ring substituents is 1. The van der Waals surface area contributed by atoms with E-state index in [0.717, 1.165) is 44.4 Å². The molecule has 0 spiro atoms. The Bertz CT molecular complexity index is 973. The molecule has 1 aliphatic heterocycles. The maximum Gasteiger partial charge on any atom is 0.271 e. The van der Waals surface area contributed by atoms with Gasteiger partial charge in [-0.1, -0.05) is 6.07 Å². The third-order valence-corrected chi connectivity index (χ3v) is 4.74. The largest absolute Gasteiger partial charge is 0.390 e. The highest BCUT2D eigenvalue weighted by Crippen LogP contribution is 2.23. The molecule has 0 bridgehead atoms. The Morgan fingerprint density at radius 3 is 2.74 bits per heavy atom. The number of nitrogens with one attached hydrogen (secondary N) is 1. The van der Waals surface area contributed by atoms with Crippen molar-refractivity contribution >= 4 is 28.5 Å². The van der Waals surface area contributed by atoms with Crippen molar-refractivity contribution in [3.05, 3.63) is 52.2 Å². The summed E-state index contributed by atoms with van der Waals surface area (Å²) in [7, 11) is 0. The van der Waals surface area contributed by atoms with Gasteiger partial charge in [0.05, 0.1) is 28.3 Å². The molecule has 3 aromatic rings. The Labute approximate surface area is 155 Å². The maximum absolute atomic E-state index is 10.9. The number of nitrogens with zero attached hydrogens (tertiary/aromatic N) is 5. The van der Waals surface area contributed by atoms with Gasteiger partial charge in [-0.15, -0.1) is 0 Å². The summed E-state index contributed by atoms with van der Waals surface area (Å²) >= 11 is 0. The lowest BCUT2D eigenvalue weighted by atomic mass is 10.3. The molecular weight excluding hydrogens is 348 g/mol. The molecule has 4 rings (SSSR count). The highest BCUT2D eigenvalue weighted by Gasteiger charge is 2.19. The molecule has 27 heavy (non-hydrogen) atoms. The van der Waals surface area contributed by atoms with Crippen molar-refractivity contribution in [1.29, 1.82) is 0 Å². The van der Waals surface area contributed by atoms with E-state index in [2.05, 4.69) is 24.8 Å². The molecule has 9 nitrogen and oxygen atoms in total. The number of aliphatic hydroxyl groups is 1. The molecule has 2 aromatic heterocycles. The maximum atomic E-state index is 10.9. The van der Waals surface area contributed by atoms with Crippen molar-refractivity contribution in [2.24, 2.45) is 0 Å². The topological polar surface area (TPSA) is 111 Å². The van der Waals surface area contributed by atoms with E-state index in [0.29, 0.717) is 16.7 Å². The van der Waals surface area contributed by atoms with Crippen molar-refractivity contribution in [3.8, 4) is 0 Å². The lowest BCUT2D eigenvalue weighted by molar-refractivity contribution is -0.384. The molecule has 140 valence electrons. The SMILES string of the molecule is O=[N+]([O-])c1ccc2nc(N3CCCN(c4cccc(CO)n4)CC3)[nH]c2c1. The summed E-state index contributed by atoms with van der Waals surface area (Å²) in [6.07, 6.45) is 0.933. The van der Waals surface area contributed by atoms with E-state index in [1.165, 1.54) is 12.1 Å². The summed E-state index contributed by atoms with van der Waals surface area (Å²) in [5, 5.41) is 20.2. The fourth-order valence-corrected chi connectivity index (χ4v) is 3.34. The quantitative estimate of drug-likeness (QED) is 0.535. The molecule has 0 unspecified atom stereocenters. The minimum atomic E-state index is -0.405. The van der Waals surface area contributed by atoms with Crippen molar-refractivity contribution in [1.82, 2.24) is 15.0 Å². The van der Waals surface area contributed by atoms with E-state index in [1.807, 2.05) is 12.1 Å². The number of H-pyrrole nitrogens is 1. The lowest BCUT2D eigenvalue weighted by Gasteiger charge is -2.22. The monoisotopic (exact) mass is 368 g/mol. The summed E-state index contributed by atoms with van der Waals surface area (Å²) in [6, 6.07) is 10.3. The number of hydrogen-bond donors (Lipinski definition) is 2. The second kappa shape index (κ2) is 7.20. The van der Waals surface area contributed by atoms with Crippen LogP contribution in [0.1, 0.15) is 12.1 Å². The molecule has 0 aliphatic carbocycles. The molecule has 1 aromatic carbocycles. The second-order valence-corrected chi connectivity index (χ2v) is 6.49. The Balaban J connectivity index is 1.52. The van der Waals surface area contributed by atoms with Crippen molar-refractivity contribution in [3.63, 3.8) is 0 Å². The van der Waals surface area contributed by atoms with Crippen LogP contribution in [0.2, 0.25) is 0 Å². The number of aliphatic hydroxyl groups excluding tert-OH is 1. The van der Waals surface area contributed by atoms with Gasteiger partial charge in [0.1, 0.15) is 5.82 Å². The second-order valence-electron chi connectivity index (χ2n) is 6.49. The van der Waals surface area contributed by atoms with Crippen LogP contribution in [-0.2, 0) is 6.61 Å². The zero-order chi connectivity index (χ0) is 18.8. The highest BCUT2D eigenvalue weighted by atomic mass is 16.6. The van der Waals surface area contributed by atoms with Gasteiger partial charge >= 0.3 is 0 Å². The lowest BCUT2D eigenvalue weighted by Crippen LogP contribution is -2.31. The molecule has 2 N–H and O–H groups in total. The van der Waals surface area contributed by atoms with E-state index in [-0.39, 0.29) is 12.3 Å². The first kappa shape index (κ1) is 17.2. The van der Waals surface area contributed by atoms with Gasteiger partial charge in [0.25, 0.3) is 5.69 Å². The van der Waals surface area contributed by atoms with E-state index in [9.17, 15) is 15.2 Å². The molecule has 1 aliphatic rings. The summed E-state index contributed by atoms with van der Waals surface area (Å²) in [4.78, 5) is 27.2. The fourth-order valence-electron chi connectivity index (χ4n) is 3.34. The van der Waals surface area contributed by atoms with E-state index >= 15 is 0 Å². The van der Waals surface area contributed by atoms with Crippen molar-refractivity contribution < 1.29 is 10.0 Å². The molecule has 9 heteroatoms. The summed E-state index contributed by atoms with van der Waals surface area (Å²) in [6.45, 7) is 3.16. The number of imidazole rings is 1. The van der Waals surface area contributed by atoms with Crippen molar-refractivity contribution in [2.45, 2.75) is 13.0 Å². The minimum absolute atomic E-state index is 0.0505. The fraction of sp³-hybridized carbons (Fsp3) is 0.333. The highest BCUT2D eigenvalue weighted by molar-refractivity contribution is 5.80. The van der Waals surface area contributed by atoms with E-state index in [1.54, 1.807) is 12.1 Å². The molecular formula is C18H20N6O3. The Morgan fingerprint density at radius 1 is 1.11 bits per heavy atom. The number of fused-ring (bicyclic) bond motifs is 1. The van der Waals surface area contributed by atoms with Crippen LogP contribution in [0.4, 0.5) is 17.5 Å². The summed E-state index contributed by atoms with van der Waals surface area (Å²) < 4.78 is 0. The van der Waals surface area contributed by atoms with Crippen molar-refractivity contribution in [2.75, 3.05) is 36.0 Å². The number of benzene rings is 1. The molecule has 0 radical (unpaired) electrons. The first-order valence-corrected chi connectivity index (χ1v) is 8.85. The van der Waals surface area contributed by atoms with Crippen LogP contribution in [0.3, 0.4) is 0 Å². The van der Waals surface area contributed by atoms with Gasteiger partial charge in [0, 0.05) is 38.3 Å². The summed E-state index contributed by atoms with van der Waals surface area (Å²) in [5.41, 5.74) is 2.09. The van der Waals surface area contributed by atoms with Crippen LogP contribution in [0.25, 0.3) is 11.0 Å². The number of aromatic nitrogens is 3. The number of rotatable bonds is 4. The van der Waals surface area contributed by atoms with E-state index < -0.39 is 4.92 Å².